The second-order valence-corrected chi connectivity index (χ2v) is 5.97. The summed E-state index contributed by atoms with van der Waals surface area (Å²) >= 11 is 0. The number of rotatable bonds is 5. The van der Waals surface area contributed by atoms with E-state index < -0.39 is 0 Å². The SMILES string of the molecule is Cc1cc(F)ccc1C(CN)N(C)CC1CCCN1C. The highest BCUT2D eigenvalue weighted by atomic mass is 19.1. The molecule has 0 saturated carbocycles. The Bertz CT molecular complexity index is 449. The van der Waals surface area contributed by atoms with Gasteiger partial charge in [-0.15, -0.1) is 0 Å². The van der Waals surface area contributed by atoms with Crippen LogP contribution in [0.15, 0.2) is 18.2 Å². The molecule has 1 heterocycles. The Morgan fingerprint density at radius 3 is 2.80 bits per heavy atom. The van der Waals surface area contributed by atoms with Gasteiger partial charge in [0.05, 0.1) is 0 Å². The standard InChI is InChI=1S/C16H26FN3/c1-12-9-13(17)6-7-15(12)16(10-18)20(3)11-14-5-4-8-19(14)2/h6-7,9,14,16H,4-5,8,10-11,18H2,1-3H3. The van der Waals surface area contributed by atoms with Crippen LogP contribution in [-0.2, 0) is 0 Å². The third-order valence-electron chi connectivity index (χ3n) is 4.52. The largest absolute Gasteiger partial charge is 0.329 e. The van der Waals surface area contributed by atoms with Crippen molar-refractivity contribution >= 4 is 0 Å². The summed E-state index contributed by atoms with van der Waals surface area (Å²) in [6.45, 7) is 4.70. The summed E-state index contributed by atoms with van der Waals surface area (Å²) in [5.74, 6) is -0.180. The van der Waals surface area contributed by atoms with Crippen molar-refractivity contribution in [3.63, 3.8) is 0 Å². The van der Waals surface area contributed by atoms with Gasteiger partial charge in [-0.25, -0.2) is 4.39 Å². The Labute approximate surface area is 121 Å². The molecule has 0 aliphatic carbocycles. The van der Waals surface area contributed by atoms with Gasteiger partial charge in [0.15, 0.2) is 0 Å². The molecule has 0 radical (unpaired) electrons. The molecule has 0 bridgehead atoms. The quantitative estimate of drug-likeness (QED) is 0.896. The third kappa shape index (κ3) is 3.37. The number of hydrogen-bond donors (Lipinski definition) is 1. The van der Waals surface area contributed by atoms with Crippen LogP contribution in [0.4, 0.5) is 4.39 Å². The Morgan fingerprint density at radius 2 is 2.25 bits per heavy atom. The van der Waals surface area contributed by atoms with Crippen molar-refractivity contribution in [3.05, 3.63) is 35.1 Å². The fourth-order valence-corrected chi connectivity index (χ4v) is 3.23. The van der Waals surface area contributed by atoms with Crippen molar-refractivity contribution in [1.29, 1.82) is 0 Å². The summed E-state index contributed by atoms with van der Waals surface area (Å²) in [5.41, 5.74) is 8.09. The molecule has 112 valence electrons. The fourth-order valence-electron chi connectivity index (χ4n) is 3.23. The Kier molecular flexibility index (Phi) is 5.13. The van der Waals surface area contributed by atoms with Crippen LogP contribution < -0.4 is 5.73 Å². The van der Waals surface area contributed by atoms with Gasteiger partial charge in [-0.2, -0.15) is 0 Å². The predicted molar refractivity (Wildman–Crippen MR) is 81.2 cm³/mol. The molecular weight excluding hydrogens is 253 g/mol. The van der Waals surface area contributed by atoms with Gasteiger partial charge < -0.3 is 10.6 Å². The lowest BCUT2D eigenvalue weighted by Gasteiger charge is -2.32. The van der Waals surface area contributed by atoms with Crippen molar-refractivity contribution in [1.82, 2.24) is 9.80 Å². The molecule has 2 atom stereocenters. The van der Waals surface area contributed by atoms with E-state index in [-0.39, 0.29) is 11.9 Å². The monoisotopic (exact) mass is 279 g/mol. The molecule has 1 fully saturated rings. The van der Waals surface area contributed by atoms with E-state index in [1.807, 2.05) is 13.0 Å². The van der Waals surface area contributed by atoms with E-state index in [0.717, 1.165) is 17.7 Å². The zero-order valence-corrected chi connectivity index (χ0v) is 12.8. The topological polar surface area (TPSA) is 32.5 Å². The minimum Gasteiger partial charge on any atom is -0.329 e. The number of likely N-dealkylation sites (tertiary alicyclic amines) is 1. The molecule has 1 aliphatic heterocycles. The lowest BCUT2D eigenvalue weighted by atomic mass is 9.99. The van der Waals surface area contributed by atoms with Crippen molar-refractivity contribution in [2.24, 2.45) is 5.73 Å². The van der Waals surface area contributed by atoms with Crippen molar-refractivity contribution < 1.29 is 4.39 Å². The first-order valence-electron chi connectivity index (χ1n) is 7.39. The Balaban J connectivity index is 2.10. The molecule has 3 nitrogen and oxygen atoms in total. The highest BCUT2D eigenvalue weighted by Gasteiger charge is 2.25. The van der Waals surface area contributed by atoms with E-state index in [2.05, 4.69) is 23.9 Å². The van der Waals surface area contributed by atoms with Gasteiger partial charge in [-0.1, -0.05) is 6.07 Å². The first kappa shape index (κ1) is 15.4. The molecular formula is C16H26FN3. The van der Waals surface area contributed by atoms with E-state index in [1.165, 1.54) is 25.5 Å². The van der Waals surface area contributed by atoms with Crippen molar-refractivity contribution in [3.8, 4) is 0 Å². The van der Waals surface area contributed by atoms with Gasteiger partial charge in [0.2, 0.25) is 0 Å². The first-order chi connectivity index (χ1) is 9.52. The van der Waals surface area contributed by atoms with Gasteiger partial charge in [-0.05, 0) is 63.7 Å². The smallest absolute Gasteiger partial charge is 0.123 e. The molecule has 0 spiro atoms. The molecule has 2 rings (SSSR count). The number of likely N-dealkylation sites (N-methyl/N-ethyl adjacent to an activating group) is 2. The number of hydrogen-bond acceptors (Lipinski definition) is 3. The van der Waals surface area contributed by atoms with Gasteiger partial charge in [-0.3, -0.25) is 4.90 Å². The zero-order chi connectivity index (χ0) is 14.7. The van der Waals surface area contributed by atoms with Gasteiger partial charge in [0, 0.05) is 25.2 Å². The summed E-state index contributed by atoms with van der Waals surface area (Å²) in [6, 6.07) is 5.75. The van der Waals surface area contributed by atoms with Crippen LogP contribution in [0.5, 0.6) is 0 Å². The Morgan fingerprint density at radius 1 is 1.50 bits per heavy atom. The summed E-state index contributed by atoms with van der Waals surface area (Å²) in [7, 11) is 4.30. The van der Waals surface area contributed by atoms with Crippen molar-refractivity contribution in [2.45, 2.75) is 31.8 Å². The van der Waals surface area contributed by atoms with Gasteiger partial charge in [0.1, 0.15) is 5.82 Å². The first-order valence-corrected chi connectivity index (χ1v) is 7.39. The average Bonchev–Trinajstić information content (AvgIpc) is 2.78. The number of nitrogens with zero attached hydrogens (tertiary/aromatic N) is 2. The molecule has 0 amide bonds. The molecule has 1 aromatic carbocycles. The zero-order valence-electron chi connectivity index (χ0n) is 12.8. The molecule has 2 unspecified atom stereocenters. The second kappa shape index (κ2) is 6.66. The number of nitrogens with two attached hydrogens (primary N) is 1. The van der Waals surface area contributed by atoms with E-state index >= 15 is 0 Å². The molecule has 4 heteroatoms. The van der Waals surface area contributed by atoms with Crippen LogP contribution in [0.25, 0.3) is 0 Å². The second-order valence-electron chi connectivity index (χ2n) is 5.97. The maximum Gasteiger partial charge on any atom is 0.123 e. The van der Waals surface area contributed by atoms with E-state index in [9.17, 15) is 4.39 Å². The van der Waals surface area contributed by atoms with Crippen LogP contribution in [0.3, 0.4) is 0 Å². The van der Waals surface area contributed by atoms with Crippen LogP contribution >= 0.6 is 0 Å². The summed E-state index contributed by atoms with van der Waals surface area (Å²) in [6.07, 6.45) is 2.53. The maximum atomic E-state index is 13.2. The van der Waals surface area contributed by atoms with Crippen LogP contribution in [0, 0.1) is 12.7 Å². The third-order valence-corrected chi connectivity index (χ3v) is 4.52. The molecule has 1 aliphatic rings. The normalized spacial score (nSPS) is 21.6. The fraction of sp³-hybridized carbons (Fsp3) is 0.625. The summed E-state index contributed by atoms with van der Waals surface area (Å²) in [5, 5.41) is 0. The van der Waals surface area contributed by atoms with Crippen molar-refractivity contribution in [2.75, 3.05) is 33.7 Å². The van der Waals surface area contributed by atoms with Crippen LogP contribution in [-0.4, -0.2) is 49.6 Å². The highest BCUT2D eigenvalue weighted by Crippen LogP contribution is 2.25. The minimum atomic E-state index is -0.180. The number of benzene rings is 1. The highest BCUT2D eigenvalue weighted by molar-refractivity contribution is 5.29. The molecule has 20 heavy (non-hydrogen) atoms. The van der Waals surface area contributed by atoms with E-state index in [1.54, 1.807) is 6.07 Å². The minimum absolute atomic E-state index is 0.157. The lowest BCUT2D eigenvalue weighted by molar-refractivity contribution is 0.179. The maximum absolute atomic E-state index is 13.2. The molecule has 1 aromatic rings. The molecule has 0 aromatic heterocycles. The average molecular weight is 279 g/mol. The van der Waals surface area contributed by atoms with Crippen LogP contribution in [0.2, 0.25) is 0 Å². The van der Waals surface area contributed by atoms with E-state index in [4.69, 9.17) is 5.73 Å². The molecule has 2 N–H and O–H groups in total. The van der Waals surface area contributed by atoms with Gasteiger partial charge >= 0.3 is 0 Å². The van der Waals surface area contributed by atoms with E-state index in [0.29, 0.717) is 12.6 Å². The number of halogens is 1. The lowest BCUT2D eigenvalue weighted by Crippen LogP contribution is -2.40. The molecule has 1 saturated heterocycles. The summed E-state index contributed by atoms with van der Waals surface area (Å²) < 4.78 is 13.2. The van der Waals surface area contributed by atoms with Crippen LogP contribution in [0.1, 0.15) is 30.0 Å². The summed E-state index contributed by atoms with van der Waals surface area (Å²) in [4.78, 5) is 4.73. The van der Waals surface area contributed by atoms with Gasteiger partial charge in [0.25, 0.3) is 0 Å². The Hall–Kier alpha value is -0.970. The number of aryl methyl sites for hydroxylation is 1. The predicted octanol–water partition coefficient (Wildman–Crippen LogP) is 2.16.